The maximum Gasteiger partial charge on any atom is 0.412 e. The molecule has 1 unspecified atom stereocenters. The zero-order valence-corrected chi connectivity index (χ0v) is 14.8. The molecule has 1 aromatic carbocycles. The average Bonchev–Trinajstić information content (AvgIpc) is 2.38. The Balaban J connectivity index is 2.02. The van der Waals surface area contributed by atoms with Crippen molar-refractivity contribution in [2.45, 2.75) is 52.5 Å². The van der Waals surface area contributed by atoms with Crippen LogP contribution in [0.4, 0.5) is 4.79 Å². The van der Waals surface area contributed by atoms with Crippen LogP contribution in [-0.4, -0.2) is 52.0 Å². The van der Waals surface area contributed by atoms with Crippen LogP contribution in [0.1, 0.15) is 38.8 Å². The molecule has 23 heavy (non-hydrogen) atoms. The predicted octanol–water partition coefficient (Wildman–Crippen LogP) is 2.76. The second kappa shape index (κ2) is 6.49. The predicted molar refractivity (Wildman–Crippen MR) is 90.0 cm³/mol. The first-order valence-electron chi connectivity index (χ1n) is 8.08. The van der Waals surface area contributed by atoms with Gasteiger partial charge in [0, 0.05) is 26.2 Å². The van der Waals surface area contributed by atoms with Gasteiger partial charge in [0.2, 0.25) is 0 Å². The Morgan fingerprint density at radius 2 is 1.96 bits per heavy atom. The van der Waals surface area contributed by atoms with Crippen molar-refractivity contribution in [3.63, 3.8) is 0 Å². The van der Waals surface area contributed by atoms with Crippen LogP contribution in [0.25, 0.3) is 0 Å². The quantitative estimate of drug-likeness (QED) is 0.910. The highest BCUT2D eigenvalue weighted by Crippen LogP contribution is 2.23. The fraction of sp³-hybridized carbons (Fsp3) is 0.611. The molecule has 1 aliphatic heterocycles. The Hall–Kier alpha value is -1.59. The summed E-state index contributed by atoms with van der Waals surface area (Å²) < 4.78 is 5.39. The molecule has 1 N–H and O–H groups in total. The molecule has 1 atom stereocenters. The van der Waals surface area contributed by atoms with Gasteiger partial charge in [0.1, 0.15) is 5.60 Å². The molecule has 0 spiro atoms. The number of benzene rings is 1. The Labute approximate surface area is 138 Å². The van der Waals surface area contributed by atoms with Gasteiger partial charge in [-0.25, -0.2) is 4.79 Å². The number of carbonyl (C=O) groups excluding carboxylic acids is 1. The first-order chi connectivity index (χ1) is 10.6. The second-order valence-corrected chi connectivity index (χ2v) is 7.49. The number of ether oxygens (including phenoxy) is 1. The van der Waals surface area contributed by atoms with E-state index in [2.05, 4.69) is 24.0 Å². The topological polar surface area (TPSA) is 53.0 Å². The first kappa shape index (κ1) is 17.8. The molecule has 1 saturated heterocycles. The third-order valence-corrected chi connectivity index (χ3v) is 4.01. The standard InChI is InChI=1S/C18H28N2O3/c1-14-8-6-7-9-15(14)12-19-10-11-20(18(5,22)13-19)16(21)23-17(2,3)4/h6-9,22H,10-13H2,1-5H3. The maximum absolute atomic E-state index is 12.3. The zero-order chi connectivity index (χ0) is 17.3. The fourth-order valence-corrected chi connectivity index (χ4v) is 2.84. The van der Waals surface area contributed by atoms with Crippen LogP contribution < -0.4 is 0 Å². The molecule has 1 aromatic rings. The summed E-state index contributed by atoms with van der Waals surface area (Å²) in [5.74, 6) is 0. The Kier molecular flexibility index (Phi) is 5.01. The van der Waals surface area contributed by atoms with E-state index in [0.717, 1.165) is 6.54 Å². The highest BCUT2D eigenvalue weighted by molar-refractivity contribution is 5.69. The molecule has 0 aromatic heterocycles. The number of hydrogen-bond donors (Lipinski definition) is 1. The lowest BCUT2D eigenvalue weighted by atomic mass is 10.1. The summed E-state index contributed by atoms with van der Waals surface area (Å²) in [4.78, 5) is 15.9. The monoisotopic (exact) mass is 320 g/mol. The van der Waals surface area contributed by atoms with Crippen molar-refractivity contribution in [2.24, 2.45) is 0 Å². The molecule has 1 aliphatic rings. The Bertz CT molecular complexity index is 564. The van der Waals surface area contributed by atoms with Gasteiger partial charge >= 0.3 is 6.09 Å². The largest absolute Gasteiger partial charge is 0.444 e. The van der Waals surface area contributed by atoms with Crippen LogP contribution in [0.5, 0.6) is 0 Å². The van der Waals surface area contributed by atoms with Crippen molar-refractivity contribution in [2.75, 3.05) is 19.6 Å². The number of rotatable bonds is 2. The molecule has 1 fully saturated rings. The van der Waals surface area contributed by atoms with Gasteiger partial charge in [0.05, 0.1) is 0 Å². The lowest BCUT2D eigenvalue weighted by Gasteiger charge is -2.45. The molecule has 2 rings (SSSR count). The first-order valence-corrected chi connectivity index (χ1v) is 8.08. The van der Waals surface area contributed by atoms with Crippen molar-refractivity contribution in [1.82, 2.24) is 9.80 Å². The fourth-order valence-electron chi connectivity index (χ4n) is 2.84. The van der Waals surface area contributed by atoms with E-state index >= 15 is 0 Å². The number of aliphatic hydroxyl groups is 1. The van der Waals surface area contributed by atoms with Crippen LogP contribution in [0, 0.1) is 6.92 Å². The number of nitrogens with zero attached hydrogens (tertiary/aromatic N) is 2. The summed E-state index contributed by atoms with van der Waals surface area (Å²) in [6.45, 7) is 11.6. The van der Waals surface area contributed by atoms with Crippen LogP contribution >= 0.6 is 0 Å². The highest BCUT2D eigenvalue weighted by Gasteiger charge is 2.40. The third kappa shape index (κ3) is 4.69. The van der Waals surface area contributed by atoms with Crippen LogP contribution in [0.2, 0.25) is 0 Å². The lowest BCUT2D eigenvalue weighted by Crippen LogP contribution is -2.62. The summed E-state index contributed by atoms with van der Waals surface area (Å²) in [6, 6.07) is 8.24. The van der Waals surface area contributed by atoms with Gasteiger partial charge in [0.25, 0.3) is 0 Å². The summed E-state index contributed by atoms with van der Waals surface area (Å²) in [5.41, 5.74) is 0.685. The molecule has 128 valence electrons. The Morgan fingerprint density at radius 1 is 1.30 bits per heavy atom. The van der Waals surface area contributed by atoms with Crippen molar-refractivity contribution in [1.29, 1.82) is 0 Å². The van der Waals surface area contributed by atoms with Crippen molar-refractivity contribution in [3.05, 3.63) is 35.4 Å². The minimum Gasteiger partial charge on any atom is -0.444 e. The Morgan fingerprint density at radius 3 is 2.52 bits per heavy atom. The van der Waals surface area contributed by atoms with Gasteiger partial charge in [-0.3, -0.25) is 9.80 Å². The normalized spacial score (nSPS) is 23.0. The minimum absolute atomic E-state index is 0.403. The lowest BCUT2D eigenvalue weighted by molar-refractivity contribution is -0.134. The summed E-state index contributed by atoms with van der Waals surface area (Å²) >= 11 is 0. The van der Waals surface area contributed by atoms with Crippen LogP contribution in [0.15, 0.2) is 24.3 Å². The molecule has 0 aliphatic carbocycles. The number of hydrogen-bond acceptors (Lipinski definition) is 4. The smallest absolute Gasteiger partial charge is 0.412 e. The van der Waals surface area contributed by atoms with Crippen LogP contribution in [0.3, 0.4) is 0 Å². The van der Waals surface area contributed by atoms with Gasteiger partial charge in [-0.15, -0.1) is 0 Å². The van der Waals surface area contributed by atoms with E-state index in [4.69, 9.17) is 4.74 Å². The van der Waals surface area contributed by atoms with Gasteiger partial charge in [-0.1, -0.05) is 24.3 Å². The van der Waals surface area contributed by atoms with E-state index in [1.54, 1.807) is 6.92 Å². The highest BCUT2D eigenvalue weighted by atomic mass is 16.6. The number of amides is 1. The average molecular weight is 320 g/mol. The van der Waals surface area contributed by atoms with Crippen molar-refractivity contribution < 1.29 is 14.6 Å². The van der Waals surface area contributed by atoms with E-state index in [1.165, 1.54) is 16.0 Å². The third-order valence-electron chi connectivity index (χ3n) is 4.01. The summed E-state index contributed by atoms with van der Waals surface area (Å²) in [6.07, 6.45) is -0.460. The van der Waals surface area contributed by atoms with E-state index in [9.17, 15) is 9.90 Å². The summed E-state index contributed by atoms with van der Waals surface area (Å²) in [5, 5.41) is 10.7. The van der Waals surface area contributed by atoms with Gasteiger partial charge in [-0.2, -0.15) is 0 Å². The molecular formula is C18H28N2O3. The molecule has 0 bridgehead atoms. The molecule has 1 heterocycles. The minimum atomic E-state index is -1.23. The van der Waals surface area contributed by atoms with E-state index < -0.39 is 17.4 Å². The van der Waals surface area contributed by atoms with E-state index in [-0.39, 0.29) is 0 Å². The number of aryl methyl sites for hydroxylation is 1. The van der Waals surface area contributed by atoms with Crippen molar-refractivity contribution in [3.8, 4) is 0 Å². The molecule has 0 saturated carbocycles. The molecule has 5 nitrogen and oxygen atoms in total. The SMILES string of the molecule is Cc1ccccc1CN1CCN(C(=O)OC(C)(C)C)C(C)(O)C1. The zero-order valence-electron chi connectivity index (χ0n) is 14.8. The maximum atomic E-state index is 12.3. The van der Waals surface area contributed by atoms with E-state index in [0.29, 0.717) is 19.6 Å². The molecular weight excluding hydrogens is 292 g/mol. The summed E-state index contributed by atoms with van der Waals surface area (Å²) in [7, 11) is 0. The van der Waals surface area contributed by atoms with E-state index in [1.807, 2.05) is 32.9 Å². The second-order valence-electron chi connectivity index (χ2n) is 7.49. The molecule has 5 heteroatoms. The van der Waals surface area contributed by atoms with Gasteiger partial charge < -0.3 is 9.84 Å². The number of carbonyl (C=O) groups is 1. The molecule has 0 radical (unpaired) electrons. The van der Waals surface area contributed by atoms with Crippen molar-refractivity contribution >= 4 is 6.09 Å². The number of β-amino-alcohol motifs (C(OH)–C–C–N with tert-alkyl or cyclic N) is 1. The number of piperazine rings is 1. The van der Waals surface area contributed by atoms with Gasteiger partial charge in [0.15, 0.2) is 5.72 Å². The van der Waals surface area contributed by atoms with Gasteiger partial charge in [-0.05, 0) is 45.7 Å². The molecule has 1 amide bonds. The van der Waals surface area contributed by atoms with Crippen LogP contribution in [-0.2, 0) is 11.3 Å².